The molecule has 1 aromatic carbocycles. The standard InChI is InChI=1S/C13H20N2O3/c1-17-9-4-3-8-15-13(16)12-10(14)6-5-7-11(12)18-2/h5-7H,3-4,8-9,14H2,1-2H3,(H,15,16). The van der Waals surface area contributed by atoms with Gasteiger partial charge >= 0.3 is 0 Å². The first kappa shape index (κ1) is 14.3. The average molecular weight is 252 g/mol. The molecule has 0 saturated heterocycles. The Morgan fingerprint density at radius 1 is 1.33 bits per heavy atom. The van der Waals surface area contributed by atoms with Crippen molar-refractivity contribution >= 4 is 11.6 Å². The van der Waals surface area contributed by atoms with Crippen molar-refractivity contribution in [1.29, 1.82) is 0 Å². The van der Waals surface area contributed by atoms with Crippen LogP contribution in [0.5, 0.6) is 5.75 Å². The number of nitrogens with two attached hydrogens (primary N) is 1. The van der Waals surface area contributed by atoms with E-state index in [-0.39, 0.29) is 5.91 Å². The molecule has 0 aromatic heterocycles. The molecule has 0 aliphatic rings. The second kappa shape index (κ2) is 7.55. The molecule has 0 unspecified atom stereocenters. The van der Waals surface area contributed by atoms with Crippen LogP contribution in [0.25, 0.3) is 0 Å². The summed E-state index contributed by atoms with van der Waals surface area (Å²) in [7, 11) is 3.18. The third kappa shape index (κ3) is 3.92. The fourth-order valence-corrected chi connectivity index (χ4v) is 1.62. The molecule has 0 bridgehead atoms. The lowest BCUT2D eigenvalue weighted by Crippen LogP contribution is -2.26. The van der Waals surface area contributed by atoms with Crippen molar-refractivity contribution in [1.82, 2.24) is 5.32 Å². The van der Waals surface area contributed by atoms with E-state index in [4.69, 9.17) is 15.2 Å². The zero-order chi connectivity index (χ0) is 13.4. The first-order valence-electron chi connectivity index (χ1n) is 5.90. The molecule has 100 valence electrons. The van der Waals surface area contributed by atoms with Crippen molar-refractivity contribution in [2.24, 2.45) is 0 Å². The second-order valence-corrected chi connectivity index (χ2v) is 3.88. The topological polar surface area (TPSA) is 73.6 Å². The van der Waals surface area contributed by atoms with Crippen LogP contribution < -0.4 is 15.8 Å². The Balaban J connectivity index is 2.56. The first-order chi connectivity index (χ1) is 8.70. The number of unbranched alkanes of at least 4 members (excludes halogenated alkanes) is 1. The largest absolute Gasteiger partial charge is 0.496 e. The summed E-state index contributed by atoms with van der Waals surface area (Å²) in [6.45, 7) is 1.30. The van der Waals surface area contributed by atoms with E-state index in [9.17, 15) is 4.79 Å². The number of benzene rings is 1. The van der Waals surface area contributed by atoms with Crippen LogP contribution in [-0.4, -0.2) is 33.3 Å². The molecule has 0 atom stereocenters. The van der Waals surface area contributed by atoms with Gasteiger partial charge in [-0.25, -0.2) is 0 Å². The van der Waals surface area contributed by atoms with Gasteiger partial charge in [-0.05, 0) is 25.0 Å². The van der Waals surface area contributed by atoms with Crippen molar-refractivity contribution in [3.05, 3.63) is 23.8 Å². The van der Waals surface area contributed by atoms with E-state index in [1.807, 2.05) is 0 Å². The van der Waals surface area contributed by atoms with E-state index in [0.29, 0.717) is 30.2 Å². The van der Waals surface area contributed by atoms with Crippen LogP contribution >= 0.6 is 0 Å². The number of hydrogen-bond donors (Lipinski definition) is 2. The van der Waals surface area contributed by atoms with Gasteiger partial charge in [-0.1, -0.05) is 6.07 Å². The third-order valence-electron chi connectivity index (χ3n) is 2.57. The summed E-state index contributed by atoms with van der Waals surface area (Å²) in [5.41, 5.74) is 6.60. The van der Waals surface area contributed by atoms with Crippen molar-refractivity contribution in [2.45, 2.75) is 12.8 Å². The molecule has 18 heavy (non-hydrogen) atoms. The molecule has 5 heteroatoms. The lowest BCUT2D eigenvalue weighted by atomic mass is 10.1. The lowest BCUT2D eigenvalue weighted by Gasteiger charge is -2.11. The van der Waals surface area contributed by atoms with Gasteiger partial charge in [0.05, 0.1) is 7.11 Å². The molecule has 0 radical (unpaired) electrons. The van der Waals surface area contributed by atoms with E-state index in [1.54, 1.807) is 25.3 Å². The maximum absolute atomic E-state index is 12.0. The molecule has 3 N–H and O–H groups in total. The van der Waals surface area contributed by atoms with Gasteiger partial charge in [0.25, 0.3) is 5.91 Å². The predicted molar refractivity (Wildman–Crippen MR) is 70.8 cm³/mol. The first-order valence-corrected chi connectivity index (χ1v) is 5.90. The highest BCUT2D eigenvalue weighted by Gasteiger charge is 2.14. The molecule has 0 spiro atoms. The molecule has 1 rings (SSSR count). The van der Waals surface area contributed by atoms with Crippen molar-refractivity contribution in [2.75, 3.05) is 33.1 Å². The molecule has 5 nitrogen and oxygen atoms in total. The molecule has 0 fully saturated rings. The predicted octanol–water partition coefficient (Wildman–Crippen LogP) is 1.43. The SMILES string of the molecule is COCCCCNC(=O)c1c(N)cccc1OC. The van der Waals surface area contributed by atoms with Crippen LogP contribution in [0.15, 0.2) is 18.2 Å². The Kier molecular flexibility index (Phi) is 6.00. The Morgan fingerprint density at radius 2 is 2.11 bits per heavy atom. The van der Waals surface area contributed by atoms with Gasteiger partial charge in [-0.3, -0.25) is 4.79 Å². The number of carbonyl (C=O) groups excluding carboxylic acids is 1. The third-order valence-corrected chi connectivity index (χ3v) is 2.57. The molecule has 0 heterocycles. The number of amides is 1. The molecule has 1 amide bonds. The monoisotopic (exact) mass is 252 g/mol. The number of carbonyl (C=O) groups is 1. The highest BCUT2D eigenvalue weighted by Crippen LogP contribution is 2.23. The van der Waals surface area contributed by atoms with Crippen LogP contribution in [0.2, 0.25) is 0 Å². The summed E-state index contributed by atoms with van der Waals surface area (Å²) in [6, 6.07) is 5.15. The van der Waals surface area contributed by atoms with Gasteiger partial charge < -0.3 is 20.5 Å². The maximum atomic E-state index is 12.0. The number of methoxy groups -OCH3 is 2. The minimum atomic E-state index is -0.206. The maximum Gasteiger partial charge on any atom is 0.257 e. The smallest absolute Gasteiger partial charge is 0.257 e. The quantitative estimate of drug-likeness (QED) is 0.569. The number of ether oxygens (including phenoxy) is 2. The second-order valence-electron chi connectivity index (χ2n) is 3.88. The van der Waals surface area contributed by atoms with Gasteiger partial charge in [0.15, 0.2) is 0 Å². The van der Waals surface area contributed by atoms with Crippen molar-refractivity contribution in [3.63, 3.8) is 0 Å². The number of nitrogens with one attached hydrogen (secondary N) is 1. The molecular formula is C13H20N2O3. The van der Waals surface area contributed by atoms with Crippen molar-refractivity contribution in [3.8, 4) is 5.75 Å². The fraction of sp³-hybridized carbons (Fsp3) is 0.462. The van der Waals surface area contributed by atoms with Gasteiger partial charge in [-0.2, -0.15) is 0 Å². The van der Waals surface area contributed by atoms with Crippen LogP contribution in [-0.2, 0) is 4.74 Å². The zero-order valence-corrected chi connectivity index (χ0v) is 10.9. The fourth-order valence-electron chi connectivity index (χ4n) is 1.62. The summed E-state index contributed by atoms with van der Waals surface area (Å²) in [5, 5.41) is 2.82. The van der Waals surface area contributed by atoms with Crippen LogP contribution in [0.3, 0.4) is 0 Å². The number of anilines is 1. The normalized spacial score (nSPS) is 10.1. The Bertz CT molecular complexity index is 394. The molecule has 0 saturated carbocycles. The molecule has 0 aliphatic heterocycles. The Labute approximate surface area is 107 Å². The van der Waals surface area contributed by atoms with Gasteiger partial charge in [0, 0.05) is 25.9 Å². The molecule has 0 aliphatic carbocycles. The van der Waals surface area contributed by atoms with Crippen LogP contribution in [0.4, 0.5) is 5.69 Å². The van der Waals surface area contributed by atoms with E-state index >= 15 is 0 Å². The van der Waals surface area contributed by atoms with Gasteiger partial charge in [0.1, 0.15) is 11.3 Å². The highest BCUT2D eigenvalue weighted by atomic mass is 16.5. The van der Waals surface area contributed by atoms with E-state index in [0.717, 1.165) is 12.8 Å². The van der Waals surface area contributed by atoms with E-state index in [1.165, 1.54) is 7.11 Å². The van der Waals surface area contributed by atoms with E-state index in [2.05, 4.69) is 5.32 Å². The average Bonchev–Trinajstić information content (AvgIpc) is 2.37. The summed E-state index contributed by atoms with van der Waals surface area (Å²) < 4.78 is 10.1. The number of rotatable bonds is 7. The summed E-state index contributed by atoms with van der Waals surface area (Å²) in [4.78, 5) is 12.0. The lowest BCUT2D eigenvalue weighted by molar-refractivity contribution is 0.0949. The minimum absolute atomic E-state index is 0.206. The Morgan fingerprint density at radius 3 is 2.78 bits per heavy atom. The Hall–Kier alpha value is -1.75. The van der Waals surface area contributed by atoms with Crippen molar-refractivity contribution < 1.29 is 14.3 Å². The van der Waals surface area contributed by atoms with E-state index < -0.39 is 0 Å². The van der Waals surface area contributed by atoms with Gasteiger partial charge in [0.2, 0.25) is 0 Å². The summed E-state index contributed by atoms with van der Waals surface area (Å²) in [5.74, 6) is 0.284. The molecular weight excluding hydrogens is 232 g/mol. The number of hydrogen-bond acceptors (Lipinski definition) is 4. The zero-order valence-electron chi connectivity index (χ0n) is 10.9. The summed E-state index contributed by atoms with van der Waals surface area (Å²) in [6.07, 6.45) is 1.78. The van der Waals surface area contributed by atoms with Crippen LogP contribution in [0, 0.1) is 0 Å². The summed E-state index contributed by atoms with van der Waals surface area (Å²) >= 11 is 0. The van der Waals surface area contributed by atoms with Crippen LogP contribution in [0.1, 0.15) is 23.2 Å². The minimum Gasteiger partial charge on any atom is -0.496 e. The highest BCUT2D eigenvalue weighted by molar-refractivity contribution is 6.01. The van der Waals surface area contributed by atoms with Gasteiger partial charge in [-0.15, -0.1) is 0 Å². The number of nitrogen functional groups attached to an aromatic ring is 1. The molecule has 1 aromatic rings.